The van der Waals surface area contributed by atoms with Crippen molar-refractivity contribution < 1.29 is 23.7 Å². The number of carbonyl (C=O) groups excluding carboxylic acids is 1. The first-order chi connectivity index (χ1) is 13.7. The quantitative estimate of drug-likeness (QED) is 0.750. The maximum absolute atomic E-state index is 12.4. The van der Waals surface area contributed by atoms with Gasteiger partial charge in [0.05, 0.1) is 21.3 Å². The van der Waals surface area contributed by atoms with Crippen LogP contribution in [-0.4, -0.2) is 33.9 Å². The molecule has 1 heterocycles. The standard InChI is InChI=1S/C23H24O5/c1-25-20-11-10-17(21(26-2)22(20)27-3)19-12-18-15(13-28-23(18)24)9-8-14-6-4-5-7-16(14)19/h4-7,10-11,19H,8-9,12-13H2,1-3H3/t19-/m0/s1. The summed E-state index contributed by atoms with van der Waals surface area (Å²) in [6.45, 7) is 0.409. The van der Waals surface area contributed by atoms with Gasteiger partial charge < -0.3 is 18.9 Å². The maximum Gasteiger partial charge on any atom is 0.334 e. The number of benzene rings is 2. The lowest BCUT2D eigenvalue weighted by Gasteiger charge is -2.26. The Morgan fingerprint density at radius 1 is 0.893 bits per heavy atom. The summed E-state index contributed by atoms with van der Waals surface area (Å²) in [7, 11) is 4.84. The van der Waals surface area contributed by atoms with Crippen LogP contribution < -0.4 is 14.2 Å². The highest BCUT2D eigenvalue weighted by Gasteiger charge is 2.33. The highest BCUT2D eigenvalue weighted by Crippen LogP contribution is 2.47. The van der Waals surface area contributed by atoms with Crippen molar-refractivity contribution in [3.8, 4) is 17.2 Å². The number of carbonyl (C=O) groups is 1. The van der Waals surface area contributed by atoms with Crippen LogP contribution in [0, 0.1) is 0 Å². The Kier molecular flexibility index (Phi) is 4.99. The fourth-order valence-corrected chi connectivity index (χ4v) is 4.30. The van der Waals surface area contributed by atoms with Gasteiger partial charge in [-0.15, -0.1) is 0 Å². The van der Waals surface area contributed by atoms with Crippen LogP contribution in [0.15, 0.2) is 47.5 Å². The molecule has 28 heavy (non-hydrogen) atoms. The molecule has 146 valence electrons. The Hall–Kier alpha value is -2.95. The summed E-state index contributed by atoms with van der Waals surface area (Å²) in [5.41, 5.74) is 5.39. The number of aryl methyl sites for hydroxylation is 1. The van der Waals surface area contributed by atoms with E-state index < -0.39 is 0 Å². The highest BCUT2D eigenvalue weighted by atomic mass is 16.5. The Balaban J connectivity index is 1.91. The number of cyclic esters (lactones) is 1. The zero-order chi connectivity index (χ0) is 19.7. The second kappa shape index (κ2) is 7.58. The molecule has 0 aromatic heterocycles. The van der Waals surface area contributed by atoms with E-state index in [2.05, 4.69) is 18.2 Å². The van der Waals surface area contributed by atoms with Gasteiger partial charge >= 0.3 is 5.97 Å². The SMILES string of the molecule is COc1ccc([C@H]2CC3=C(CCc4ccccc42)COC3=O)c(OC)c1OC. The molecule has 0 saturated carbocycles. The molecule has 0 fully saturated rings. The molecule has 5 heteroatoms. The molecule has 0 unspecified atom stereocenters. The topological polar surface area (TPSA) is 54.0 Å². The number of methoxy groups -OCH3 is 3. The van der Waals surface area contributed by atoms with Crippen LogP contribution in [0.5, 0.6) is 17.2 Å². The third kappa shape index (κ3) is 3.01. The number of esters is 1. The molecule has 0 amide bonds. The second-order valence-electron chi connectivity index (χ2n) is 7.04. The molecular weight excluding hydrogens is 356 g/mol. The fourth-order valence-electron chi connectivity index (χ4n) is 4.30. The van der Waals surface area contributed by atoms with Crippen LogP contribution in [0.25, 0.3) is 0 Å². The van der Waals surface area contributed by atoms with Crippen LogP contribution in [0.4, 0.5) is 0 Å². The van der Waals surface area contributed by atoms with E-state index in [0.29, 0.717) is 30.3 Å². The van der Waals surface area contributed by atoms with Gasteiger partial charge in [0, 0.05) is 17.1 Å². The van der Waals surface area contributed by atoms with Gasteiger partial charge in [-0.3, -0.25) is 0 Å². The van der Waals surface area contributed by atoms with Crippen LogP contribution >= 0.6 is 0 Å². The summed E-state index contributed by atoms with van der Waals surface area (Å²) in [6.07, 6.45) is 2.32. The predicted octanol–water partition coefficient (Wildman–Crippen LogP) is 4.03. The molecule has 2 aliphatic rings. The molecule has 0 radical (unpaired) electrons. The molecule has 4 rings (SSSR count). The third-order valence-corrected chi connectivity index (χ3v) is 5.70. The Morgan fingerprint density at radius 3 is 2.43 bits per heavy atom. The Bertz CT molecular complexity index is 944. The Labute approximate surface area is 164 Å². The number of hydrogen-bond acceptors (Lipinski definition) is 5. The smallest absolute Gasteiger partial charge is 0.334 e. The van der Waals surface area contributed by atoms with Gasteiger partial charge in [0.2, 0.25) is 5.75 Å². The van der Waals surface area contributed by atoms with Crippen LogP contribution in [0.1, 0.15) is 35.4 Å². The lowest BCUT2D eigenvalue weighted by Crippen LogP contribution is -2.13. The number of fused-ring (bicyclic) bond motifs is 1. The van der Waals surface area contributed by atoms with Crippen LogP contribution in [0.2, 0.25) is 0 Å². The number of ether oxygens (including phenoxy) is 4. The van der Waals surface area contributed by atoms with Crippen molar-refractivity contribution in [3.63, 3.8) is 0 Å². The van der Waals surface area contributed by atoms with E-state index in [9.17, 15) is 4.79 Å². The molecule has 0 saturated heterocycles. The van der Waals surface area contributed by atoms with Gasteiger partial charge in [-0.2, -0.15) is 0 Å². The molecule has 1 atom stereocenters. The summed E-state index contributed by atoms with van der Waals surface area (Å²) in [6, 6.07) is 12.3. The zero-order valence-corrected chi connectivity index (χ0v) is 16.4. The summed E-state index contributed by atoms with van der Waals surface area (Å²) in [5.74, 6) is 1.57. The van der Waals surface area contributed by atoms with Crippen LogP contribution in [-0.2, 0) is 16.0 Å². The van der Waals surface area contributed by atoms with Gasteiger partial charge in [0.1, 0.15) is 6.61 Å². The average molecular weight is 380 g/mol. The minimum absolute atomic E-state index is 0.0399. The van der Waals surface area contributed by atoms with Crippen molar-refractivity contribution in [1.82, 2.24) is 0 Å². The van der Waals surface area contributed by atoms with E-state index in [1.807, 2.05) is 18.2 Å². The van der Waals surface area contributed by atoms with E-state index in [1.54, 1.807) is 21.3 Å². The molecule has 0 spiro atoms. The van der Waals surface area contributed by atoms with Crippen molar-refractivity contribution in [3.05, 3.63) is 64.2 Å². The molecule has 2 aromatic carbocycles. The second-order valence-corrected chi connectivity index (χ2v) is 7.04. The normalized spacial score (nSPS) is 18.5. The highest BCUT2D eigenvalue weighted by molar-refractivity contribution is 5.92. The van der Waals surface area contributed by atoms with Crippen molar-refractivity contribution >= 4 is 5.97 Å². The van der Waals surface area contributed by atoms with Crippen molar-refractivity contribution in [1.29, 1.82) is 0 Å². The number of rotatable bonds is 4. The summed E-state index contributed by atoms with van der Waals surface area (Å²) >= 11 is 0. The maximum atomic E-state index is 12.4. The lowest BCUT2D eigenvalue weighted by molar-refractivity contribution is -0.136. The largest absolute Gasteiger partial charge is 0.493 e. The van der Waals surface area contributed by atoms with Gasteiger partial charge in [0.25, 0.3) is 0 Å². The van der Waals surface area contributed by atoms with Crippen molar-refractivity contribution in [2.24, 2.45) is 0 Å². The van der Waals surface area contributed by atoms with E-state index in [-0.39, 0.29) is 11.9 Å². The fraction of sp³-hybridized carbons (Fsp3) is 0.348. The summed E-state index contributed by atoms with van der Waals surface area (Å²) in [4.78, 5) is 12.4. The summed E-state index contributed by atoms with van der Waals surface area (Å²) < 4.78 is 22.1. The third-order valence-electron chi connectivity index (χ3n) is 5.70. The molecule has 1 aliphatic carbocycles. The monoisotopic (exact) mass is 380 g/mol. The predicted molar refractivity (Wildman–Crippen MR) is 105 cm³/mol. The van der Waals surface area contributed by atoms with Crippen LogP contribution in [0.3, 0.4) is 0 Å². The lowest BCUT2D eigenvalue weighted by atomic mass is 9.79. The average Bonchev–Trinajstić information content (AvgIpc) is 3.06. The molecule has 5 nitrogen and oxygen atoms in total. The van der Waals surface area contributed by atoms with Gasteiger partial charge in [-0.1, -0.05) is 30.3 Å². The van der Waals surface area contributed by atoms with Gasteiger partial charge in [-0.25, -0.2) is 4.79 Å². The minimum atomic E-state index is -0.196. The molecule has 1 aliphatic heterocycles. The molecule has 0 N–H and O–H groups in total. The molecule has 2 aromatic rings. The van der Waals surface area contributed by atoms with E-state index in [4.69, 9.17) is 18.9 Å². The summed E-state index contributed by atoms with van der Waals surface area (Å²) in [5, 5.41) is 0. The Morgan fingerprint density at radius 2 is 1.68 bits per heavy atom. The van der Waals surface area contributed by atoms with E-state index >= 15 is 0 Å². The first-order valence-corrected chi connectivity index (χ1v) is 9.42. The number of hydrogen-bond donors (Lipinski definition) is 0. The first kappa shape index (κ1) is 18.4. The van der Waals surface area contributed by atoms with Gasteiger partial charge in [-0.05, 0) is 42.0 Å². The van der Waals surface area contributed by atoms with Crippen molar-refractivity contribution in [2.75, 3.05) is 27.9 Å². The minimum Gasteiger partial charge on any atom is -0.493 e. The molecule has 0 bridgehead atoms. The van der Waals surface area contributed by atoms with E-state index in [0.717, 1.165) is 29.6 Å². The van der Waals surface area contributed by atoms with E-state index in [1.165, 1.54) is 11.1 Å². The van der Waals surface area contributed by atoms with Gasteiger partial charge in [0.15, 0.2) is 11.5 Å². The molecular formula is C23H24O5. The zero-order valence-electron chi connectivity index (χ0n) is 16.4. The first-order valence-electron chi connectivity index (χ1n) is 9.42. The van der Waals surface area contributed by atoms with Crippen molar-refractivity contribution in [2.45, 2.75) is 25.2 Å².